The van der Waals surface area contributed by atoms with Crippen LogP contribution in [0.5, 0.6) is 11.5 Å². The number of rotatable bonds is 13. The van der Waals surface area contributed by atoms with E-state index < -0.39 is 7.14 Å². The first-order chi connectivity index (χ1) is 14.1. The number of hydrogen-bond acceptors (Lipinski definition) is 4. The van der Waals surface area contributed by atoms with Gasteiger partial charge in [0.1, 0.15) is 17.1 Å². The highest BCUT2D eigenvalue weighted by Crippen LogP contribution is 2.55. The second-order valence-corrected chi connectivity index (χ2v) is 10.3. The molecule has 0 amide bonds. The summed E-state index contributed by atoms with van der Waals surface area (Å²) in [7, 11) is -0.158. The van der Waals surface area contributed by atoms with E-state index in [1.807, 2.05) is 30.3 Å². The number of carbonyl (C=O) groups excluding carboxylic acids is 1. The van der Waals surface area contributed by atoms with Gasteiger partial charge < -0.3 is 14.0 Å². The molecule has 158 valence electrons. The summed E-state index contributed by atoms with van der Waals surface area (Å²) in [6.07, 6.45) is 7.18. The number of unbranched alkanes of at least 4 members (excludes halogenated alkanes) is 5. The third-order valence-electron chi connectivity index (χ3n) is 5.17. The first kappa shape index (κ1) is 23.2. The van der Waals surface area contributed by atoms with Gasteiger partial charge in [0.15, 0.2) is 7.14 Å². The third-order valence-corrected chi connectivity index (χ3v) is 8.04. The summed E-state index contributed by atoms with van der Waals surface area (Å²) in [6, 6.07) is 14.8. The Morgan fingerprint density at radius 2 is 1.41 bits per heavy atom. The Kier molecular flexibility index (Phi) is 9.47. The van der Waals surface area contributed by atoms with Crippen LogP contribution in [0.1, 0.15) is 61.4 Å². The highest BCUT2D eigenvalue weighted by atomic mass is 31.2. The predicted octanol–water partition coefficient (Wildman–Crippen LogP) is 6.77. The summed E-state index contributed by atoms with van der Waals surface area (Å²) in [4.78, 5) is 13.6. The van der Waals surface area contributed by atoms with Gasteiger partial charge in [-0.05, 0) is 24.1 Å². The van der Waals surface area contributed by atoms with Crippen molar-refractivity contribution in [1.82, 2.24) is 0 Å². The molecule has 5 heteroatoms. The smallest absolute Gasteiger partial charge is 0.229 e. The van der Waals surface area contributed by atoms with Crippen LogP contribution in [0.15, 0.2) is 48.5 Å². The molecule has 0 saturated heterocycles. The molecule has 0 bridgehead atoms. The zero-order chi connectivity index (χ0) is 21.1. The Morgan fingerprint density at radius 1 is 0.828 bits per heavy atom. The van der Waals surface area contributed by atoms with Crippen molar-refractivity contribution in [2.24, 2.45) is 0 Å². The van der Waals surface area contributed by atoms with Crippen molar-refractivity contribution in [2.75, 3.05) is 20.4 Å². The van der Waals surface area contributed by atoms with Gasteiger partial charge in [-0.3, -0.25) is 4.79 Å². The second-order valence-electron chi connectivity index (χ2n) is 7.37. The second kappa shape index (κ2) is 11.8. The Bertz CT molecular complexity index is 795. The first-order valence-electron chi connectivity index (χ1n) is 10.4. The number of hydrogen-bond donors (Lipinski definition) is 0. The van der Waals surface area contributed by atoms with E-state index in [9.17, 15) is 9.36 Å². The molecule has 0 aromatic heterocycles. The fourth-order valence-corrected chi connectivity index (χ4v) is 6.21. The lowest BCUT2D eigenvalue weighted by molar-refractivity contribution is 0.106. The summed E-state index contributed by atoms with van der Waals surface area (Å²) >= 11 is 0. The standard InChI is InChI=1S/C24H33O4P/c1-4-5-6-7-8-12-18-29(26,19-20-14-10-9-11-15-20)24(25)23-21(27-2)16-13-17-22(23)28-3/h9-11,13-17H,4-8,12,18-19H2,1-3H3. The lowest BCUT2D eigenvalue weighted by Crippen LogP contribution is -2.10. The minimum atomic E-state index is -3.19. The third kappa shape index (κ3) is 6.47. The number of benzene rings is 2. The van der Waals surface area contributed by atoms with Crippen LogP contribution in [-0.4, -0.2) is 25.9 Å². The maximum atomic E-state index is 14.0. The van der Waals surface area contributed by atoms with Crippen LogP contribution in [0.3, 0.4) is 0 Å². The monoisotopic (exact) mass is 416 g/mol. The molecule has 0 radical (unpaired) electrons. The molecule has 2 aromatic carbocycles. The largest absolute Gasteiger partial charge is 0.496 e. The van der Waals surface area contributed by atoms with Crippen LogP contribution in [0.4, 0.5) is 0 Å². The Balaban J connectivity index is 2.29. The Morgan fingerprint density at radius 3 is 2.00 bits per heavy atom. The fraction of sp³-hybridized carbons (Fsp3) is 0.458. The van der Waals surface area contributed by atoms with Gasteiger partial charge in [0, 0.05) is 12.3 Å². The molecule has 1 atom stereocenters. The van der Waals surface area contributed by atoms with E-state index in [0.717, 1.165) is 24.8 Å². The van der Waals surface area contributed by atoms with Crippen molar-refractivity contribution in [3.8, 4) is 11.5 Å². The van der Waals surface area contributed by atoms with Gasteiger partial charge in [-0.1, -0.05) is 75.4 Å². The lowest BCUT2D eigenvalue weighted by Gasteiger charge is -2.20. The van der Waals surface area contributed by atoms with Gasteiger partial charge >= 0.3 is 0 Å². The van der Waals surface area contributed by atoms with E-state index in [4.69, 9.17) is 9.47 Å². The van der Waals surface area contributed by atoms with Gasteiger partial charge in [0.05, 0.1) is 14.2 Å². The normalized spacial score (nSPS) is 12.9. The molecule has 0 aliphatic rings. The number of carbonyl (C=O) groups is 1. The predicted molar refractivity (Wildman–Crippen MR) is 120 cm³/mol. The van der Waals surface area contributed by atoms with Crippen LogP contribution >= 0.6 is 7.14 Å². The van der Waals surface area contributed by atoms with Gasteiger partial charge in [-0.15, -0.1) is 0 Å². The number of methoxy groups -OCH3 is 2. The molecular formula is C24H33O4P. The molecule has 0 saturated carbocycles. The van der Waals surface area contributed by atoms with E-state index in [-0.39, 0.29) is 11.7 Å². The lowest BCUT2D eigenvalue weighted by atomic mass is 10.1. The van der Waals surface area contributed by atoms with Gasteiger partial charge in [0.2, 0.25) is 5.52 Å². The molecule has 0 aliphatic carbocycles. The Labute approximate surface area is 175 Å². The minimum absolute atomic E-state index is 0.267. The molecular weight excluding hydrogens is 383 g/mol. The van der Waals surface area contributed by atoms with E-state index >= 15 is 0 Å². The van der Waals surface area contributed by atoms with Gasteiger partial charge in [0.25, 0.3) is 0 Å². The average molecular weight is 416 g/mol. The van der Waals surface area contributed by atoms with Crippen LogP contribution in [0, 0.1) is 0 Å². The van der Waals surface area contributed by atoms with E-state index in [2.05, 4.69) is 6.92 Å². The van der Waals surface area contributed by atoms with Crippen molar-refractivity contribution in [3.05, 3.63) is 59.7 Å². The summed E-state index contributed by atoms with van der Waals surface area (Å²) in [5.41, 5.74) is 0.871. The van der Waals surface area contributed by atoms with Crippen molar-refractivity contribution < 1.29 is 18.8 Å². The van der Waals surface area contributed by atoms with Crippen LogP contribution < -0.4 is 9.47 Å². The van der Waals surface area contributed by atoms with Crippen molar-refractivity contribution in [2.45, 2.75) is 51.6 Å². The number of ether oxygens (including phenoxy) is 2. The first-order valence-corrected chi connectivity index (χ1v) is 12.5. The Hall–Kier alpha value is -2.06. The van der Waals surface area contributed by atoms with Crippen LogP contribution in [0.25, 0.3) is 0 Å². The minimum Gasteiger partial charge on any atom is -0.496 e. The maximum absolute atomic E-state index is 14.0. The summed E-state index contributed by atoms with van der Waals surface area (Å²) in [5.74, 6) is 0.816. The van der Waals surface area contributed by atoms with E-state index in [1.54, 1.807) is 18.2 Å². The molecule has 0 fully saturated rings. The summed E-state index contributed by atoms with van der Waals surface area (Å²) < 4.78 is 24.9. The van der Waals surface area contributed by atoms with E-state index in [0.29, 0.717) is 23.2 Å². The average Bonchev–Trinajstić information content (AvgIpc) is 2.75. The van der Waals surface area contributed by atoms with Crippen molar-refractivity contribution in [1.29, 1.82) is 0 Å². The summed E-state index contributed by atoms with van der Waals surface area (Å²) in [6.45, 7) is 2.19. The molecule has 2 rings (SSSR count). The van der Waals surface area contributed by atoms with Gasteiger partial charge in [-0.2, -0.15) is 0 Å². The maximum Gasteiger partial charge on any atom is 0.229 e. The molecule has 0 spiro atoms. The molecule has 0 aliphatic heterocycles. The zero-order valence-corrected chi connectivity index (χ0v) is 18.8. The van der Waals surface area contributed by atoms with Crippen LogP contribution in [-0.2, 0) is 10.7 Å². The highest BCUT2D eigenvalue weighted by Gasteiger charge is 2.36. The highest BCUT2D eigenvalue weighted by molar-refractivity contribution is 7.80. The van der Waals surface area contributed by atoms with Gasteiger partial charge in [-0.25, -0.2) is 0 Å². The van der Waals surface area contributed by atoms with Crippen molar-refractivity contribution >= 4 is 12.7 Å². The van der Waals surface area contributed by atoms with Crippen LogP contribution in [0.2, 0.25) is 0 Å². The quantitative estimate of drug-likeness (QED) is 0.267. The topological polar surface area (TPSA) is 52.6 Å². The molecule has 4 nitrogen and oxygen atoms in total. The molecule has 1 unspecified atom stereocenters. The zero-order valence-electron chi connectivity index (χ0n) is 17.9. The van der Waals surface area contributed by atoms with Crippen molar-refractivity contribution in [3.63, 3.8) is 0 Å². The fourth-order valence-electron chi connectivity index (χ4n) is 3.54. The molecule has 0 N–H and O–H groups in total. The van der Waals surface area contributed by atoms with E-state index in [1.165, 1.54) is 33.5 Å². The molecule has 2 aromatic rings. The molecule has 29 heavy (non-hydrogen) atoms. The SMILES string of the molecule is CCCCCCCCP(=O)(Cc1ccccc1)C(=O)c1c(OC)cccc1OC. The molecule has 0 heterocycles. The summed E-state index contributed by atoms with van der Waals surface area (Å²) in [5, 5.41) is 0.